The van der Waals surface area contributed by atoms with Gasteiger partial charge in [0.05, 0.1) is 17.1 Å². The minimum Gasteiger partial charge on any atom is -0.341 e. The van der Waals surface area contributed by atoms with Gasteiger partial charge in [-0.2, -0.15) is 0 Å². The number of aromatic amines is 1. The molecule has 0 aromatic carbocycles. The highest BCUT2D eigenvalue weighted by Crippen LogP contribution is 2.27. The van der Waals surface area contributed by atoms with Crippen molar-refractivity contribution >= 4 is 0 Å². The Balaban J connectivity index is 2.72. The lowest BCUT2D eigenvalue weighted by Crippen LogP contribution is -2.00. The van der Waals surface area contributed by atoms with Crippen molar-refractivity contribution in [3.8, 4) is 11.4 Å². The van der Waals surface area contributed by atoms with Crippen molar-refractivity contribution in [2.24, 2.45) is 0 Å². The normalized spacial score (nSPS) is 10.9. The molecular weight excluding hydrogens is 210 g/mol. The van der Waals surface area contributed by atoms with E-state index in [0.29, 0.717) is 0 Å². The zero-order valence-corrected chi connectivity index (χ0v) is 11.4. The van der Waals surface area contributed by atoms with Crippen LogP contribution in [0.5, 0.6) is 0 Å². The first-order valence-electron chi connectivity index (χ1n) is 5.89. The van der Waals surface area contributed by atoms with E-state index < -0.39 is 0 Å². The number of rotatable bonds is 1. The Bertz CT molecular complexity index is 580. The smallest absolute Gasteiger partial charge is 0.103 e. The molecule has 3 heteroatoms. The fraction of sp³-hybridized carbons (Fsp3) is 0.429. The van der Waals surface area contributed by atoms with E-state index in [-0.39, 0.29) is 0 Å². The summed E-state index contributed by atoms with van der Waals surface area (Å²) < 4.78 is 0. The number of nitrogens with one attached hydrogen (secondary N) is 1. The van der Waals surface area contributed by atoms with Crippen molar-refractivity contribution in [1.82, 2.24) is 15.0 Å². The van der Waals surface area contributed by atoms with Gasteiger partial charge in [-0.1, -0.05) is 0 Å². The number of aryl methyl sites for hydroxylation is 3. The SMILES string of the molecule is Cc1nc(C)c(-c2nc(C)c(C)c(C)c2C)[nH]1. The number of nitrogens with zero attached hydrogens (tertiary/aromatic N) is 2. The van der Waals surface area contributed by atoms with Gasteiger partial charge in [-0.3, -0.25) is 4.98 Å². The molecule has 2 aromatic heterocycles. The zero-order chi connectivity index (χ0) is 12.7. The number of hydrogen-bond donors (Lipinski definition) is 1. The van der Waals surface area contributed by atoms with Gasteiger partial charge < -0.3 is 4.98 Å². The standard InChI is InChI=1S/C14H19N3/c1-7-8(2)10(4)16-13(9(7)3)14-11(5)15-12(6)17-14/h1-6H3,(H,15,17). The van der Waals surface area contributed by atoms with Crippen LogP contribution in [0, 0.1) is 41.5 Å². The largest absolute Gasteiger partial charge is 0.341 e. The summed E-state index contributed by atoms with van der Waals surface area (Å²) in [5, 5.41) is 0. The number of aromatic nitrogens is 3. The van der Waals surface area contributed by atoms with E-state index in [0.717, 1.165) is 28.6 Å². The van der Waals surface area contributed by atoms with E-state index in [2.05, 4.69) is 37.7 Å². The van der Waals surface area contributed by atoms with Crippen LogP contribution in [-0.4, -0.2) is 15.0 Å². The fourth-order valence-electron chi connectivity index (χ4n) is 2.15. The number of hydrogen-bond acceptors (Lipinski definition) is 2. The second kappa shape index (κ2) is 3.99. The molecule has 0 saturated carbocycles. The van der Waals surface area contributed by atoms with Gasteiger partial charge in [0.2, 0.25) is 0 Å². The molecule has 0 aliphatic carbocycles. The average molecular weight is 229 g/mol. The summed E-state index contributed by atoms with van der Waals surface area (Å²) in [6, 6.07) is 0. The topological polar surface area (TPSA) is 41.6 Å². The minimum atomic E-state index is 0.939. The molecule has 17 heavy (non-hydrogen) atoms. The molecule has 2 aromatic rings. The van der Waals surface area contributed by atoms with Crippen molar-refractivity contribution in [2.75, 3.05) is 0 Å². The van der Waals surface area contributed by atoms with Gasteiger partial charge in [-0.25, -0.2) is 4.98 Å². The van der Waals surface area contributed by atoms with Gasteiger partial charge >= 0.3 is 0 Å². The number of pyridine rings is 1. The predicted molar refractivity (Wildman–Crippen MR) is 70.2 cm³/mol. The van der Waals surface area contributed by atoms with E-state index in [4.69, 9.17) is 4.98 Å². The molecule has 1 N–H and O–H groups in total. The van der Waals surface area contributed by atoms with E-state index in [1.807, 2.05) is 13.8 Å². The summed E-state index contributed by atoms with van der Waals surface area (Å²) in [6.45, 7) is 12.5. The molecule has 2 heterocycles. The summed E-state index contributed by atoms with van der Waals surface area (Å²) in [4.78, 5) is 12.4. The Morgan fingerprint density at radius 1 is 0.706 bits per heavy atom. The van der Waals surface area contributed by atoms with Crippen LogP contribution in [0.25, 0.3) is 11.4 Å². The highest BCUT2D eigenvalue weighted by molar-refractivity contribution is 5.64. The molecule has 0 fully saturated rings. The van der Waals surface area contributed by atoms with Crippen LogP contribution in [0.1, 0.15) is 33.9 Å². The summed E-state index contributed by atoms with van der Waals surface area (Å²) in [6.07, 6.45) is 0. The van der Waals surface area contributed by atoms with Crippen LogP contribution in [-0.2, 0) is 0 Å². The molecule has 0 unspecified atom stereocenters. The predicted octanol–water partition coefficient (Wildman–Crippen LogP) is 3.32. The van der Waals surface area contributed by atoms with Crippen molar-refractivity contribution in [3.05, 3.63) is 33.9 Å². The van der Waals surface area contributed by atoms with E-state index in [9.17, 15) is 0 Å². The maximum Gasteiger partial charge on any atom is 0.103 e. The van der Waals surface area contributed by atoms with Crippen molar-refractivity contribution in [1.29, 1.82) is 0 Å². The van der Waals surface area contributed by atoms with E-state index in [1.54, 1.807) is 0 Å². The average Bonchev–Trinajstić information content (AvgIpc) is 2.60. The van der Waals surface area contributed by atoms with Gasteiger partial charge in [0.15, 0.2) is 0 Å². The summed E-state index contributed by atoms with van der Waals surface area (Å²) in [5.41, 5.74) is 8.02. The second-order valence-electron chi connectivity index (χ2n) is 4.70. The molecule has 2 rings (SSSR count). The van der Waals surface area contributed by atoms with Crippen molar-refractivity contribution in [2.45, 2.75) is 41.5 Å². The second-order valence-corrected chi connectivity index (χ2v) is 4.70. The van der Waals surface area contributed by atoms with Crippen LogP contribution in [0.15, 0.2) is 0 Å². The molecule has 0 spiro atoms. The molecule has 90 valence electrons. The highest BCUT2D eigenvalue weighted by Gasteiger charge is 2.14. The molecule has 0 saturated heterocycles. The highest BCUT2D eigenvalue weighted by atomic mass is 14.9. The quantitative estimate of drug-likeness (QED) is 0.815. The Hall–Kier alpha value is -1.64. The van der Waals surface area contributed by atoms with Crippen LogP contribution in [0.2, 0.25) is 0 Å². The first-order valence-corrected chi connectivity index (χ1v) is 5.89. The Kier molecular flexibility index (Phi) is 2.77. The monoisotopic (exact) mass is 229 g/mol. The lowest BCUT2D eigenvalue weighted by Gasteiger charge is -2.12. The number of H-pyrrole nitrogens is 1. The first-order chi connectivity index (χ1) is 7.91. The maximum atomic E-state index is 4.71. The zero-order valence-electron chi connectivity index (χ0n) is 11.4. The van der Waals surface area contributed by atoms with Crippen LogP contribution >= 0.6 is 0 Å². The molecular formula is C14H19N3. The third-order valence-corrected chi connectivity index (χ3v) is 3.54. The third kappa shape index (κ3) is 1.86. The molecule has 0 amide bonds. The molecule has 0 bridgehead atoms. The molecule has 0 aliphatic rings. The Labute approximate surface area is 102 Å². The maximum absolute atomic E-state index is 4.71. The Morgan fingerprint density at radius 3 is 1.88 bits per heavy atom. The summed E-state index contributed by atoms with van der Waals surface area (Å²) in [7, 11) is 0. The van der Waals surface area contributed by atoms with Crippen LogP contribution in [0.3, 0.4) is 0 Å². The lowest BCUT2D eigenvalue weighted by molar-refractivity contribution is 1.08. The van der Waals surface area contributed by atoms with Crippen molar-refractivity contribution in [3.63, 3.8) is 0 Å². The van der Waals surface area contributed by atoms with Gasteiger partial charge in [0, 0.05) is 5.69 Å². The molecule has 3 nitrogen and oxygen atoms in total. The van der Waals surface area contributed by atoms with Gasteiger partial charge in [-0.15, -0.1) is 0 Å². The number of imidazole rings is 1. The first kappa shape index (κ1) is 11.8. The molecule has 0 atom stereocenters. The minimum absolute atomic E-state index is 0.939. The molecule has 0 radical (unpaired) electrons. The van der Waals surface area contributed by atoms with E-state index >= 15 is 0 Å². The van der Waals surface area contributed by atoms with Gasteiger partial charge in [0.1, 0.15) is 5.82 Å². The van der Waals surface area contributed by atoms with Crippen LogP contribution < -0.4 is 0 Å². The lowest BCUT2D eigenvalue weighted by atomic mass is 10.00. The van der Waals surface area contributed by atoms with Gasteiger partial charge in [-0.05, 0) is 58.2 Å². The summed E-state index contributed by atoms with van der Waals surface area (Å²) >= 11 is 0. The van der Waals surface area contributed by atoms with Crippen molar-refractivity contribution < 1.29 is 0 Å². The van der Waals surface area contributed by atoms with Crippen LogP contribution in [0.4, 0.5) is 0 Å². The Morgan fingerprint density at radius 2 is 1.35 bits per heavy atom. The summed E-state index contributed by atoms with van der Waals surface area (Å²) in [5.74, 6) is 0.939. The molecule has 0 aliphatic heterocycles. The van der Waals surface area contributed by atoms with E-state index in [1.165, 1.54) is 16.7 Å². The fourth-order valence-corrected chi connectivity index (χ4v) is 2.15. The third-order valence-electron chi connectivity index (χ3n) is 3.54. The van der Waals surface area contributed by atoms with Gasteiger partial charge in [0.25, 0.3) is 0 Å².